The van der Waals surface area contributed by atoms with Crippen molar-refractivity contribution in [2.75, 3.05) is 20.6 Å². The summed E-state index contributed by atoms with van der Waals surface area (Å²) in [5, 5.41) is 11.9. The first-order chi connectivity index (χ1) is 13.2. The molecule has 3 aromatic carbocycles. The van der Waals surface area contributed by atoms with Gasteiger partial charge in [0.05, 0.1) is 6.61 Å². The molecule has 0 bridgehead atoms. The molecule has 0 fully saturated rings. The standard InChI is InChI=1S/C25H25NO/c1-26(2)16-21-7-5-9-22(21)24-15-14-19-6-3-4-8-23(19)25(24)20-12-10-18(17-27)11-13-20/h3-15,22,27H,16-17H2,1-2H3. The van der Waals surface area contributed by atoms with Gasteiger partial charge in [-0.3, -0.25) is 0 Å². The highest BCUT2D eigenvalue weighted by Crippen LogP contribution is 2.41. The lowest BCUT2D eigenvalue weighted by atomic mass is 9.84. The number of likely N-dealkylation sites (N-methyl/N-ethyl adjacent to an activating group) is 1. The molecular weight excluding hydrogens is 330 g/mol. The Morgan fingerprint density at radius 3 is 2.44 bits per heavy atom. The zero-order chi connectivity index (χ0) is 18.8. The molecule has 27 heavy (non-hydrogen) atoms. The van der Waals surface area contributed by atoms with E-state index < -0.39 is 0 Å². The zero-order valence-electron chi connectivity index (χ0n) is 15.9. The van der Waals surface area contributed by atoms with Gasteiger partial charge in [0, 0.05) is 12.5 Å². The van der Waals surface area contributed by atoms with Gasteiger partial charge in [-0.05, 0) is 52.7 Å². The van der Waals surface area contributed by atoms with E-state index in [1.165, 1.54) is 33.0 Å². The van der Waals surface area contributed by atoms with E-state index in [1.54, 1.807) is 0 Å². The number of benzene rings is 3. The first-order valence-electron chi connectivity index (χ1n) is 9.41. The van der Waals surface area contributed by atoms with Crippen LogP contribution >= 0.6 is 0 Å². The molecule has 1 aliphatic rings. The van der Waals surface area contributed by atoms with Crippen molar-refractivity contribution in [3.05, 3.63) is 95.6 Å². The lowest BCUT2D eigenvalue weighted by Crippen LogP contribution is -2.17. The molecule has 0 saturated heterocycles. The Balaban J connectivity index is 1.90. The van der Waals surface area contributed by atoms with Gasteiger partial charge in [-0.2, -0.15) is 0 Å². The minimum Gasteiger partial charge on any atom is -0.392 e. The minimum absolute atomic E-state index is 0.0732. The number of rotatable bonds is 5. The van der Waals surface area contributed by atoms with Crippen LogP contribution in [-0.2, 0) is 6.61 Å². The zero-order valence-corrected chi connectivity index (χ0v) is 15.9. The van der Waals surface area contributed by atoms with Crippen molar-refractivity contribution in [2.24, 2.45) is 0 Å². The monoisotopic (exact) mass is 355 g/mol. The third kappa shape index (κ3) is 3.46. The van der Waals surface area contributed by atoms with Crippen LogP contribution in [0.15, 0.2) is 84.5 Å². The first-order valence-corrected chi connectivity index (χ1v) is 9.41. The van der Waals surface area contributed by atoms with E-state index in [0.29, 0.717) is 5.92 Å². The summed E-state index contributed by atoms with van der Waals surface area (Å²) >= 11 is 0. The third-order valence-electron chi connectivity index (χ3n) is 5.23. The average molecular weight is 355 g/mol. The predicted molar refractivity (Wildman–Crippen MR) is 114 cm³/mol. The van der Waals surface area contributed by atoms with Crippen LogP contribution in [0.5, 0.6) is 0 Å². The van der Waals surface area contributed by atoms with Crippen LogP contribution < -0.4 is 0 Å². The Bertz CT molecular complexity index is 1010. The molecule has 3 aromatic rings. The molecule has 1 aliphatic carbocycles. The molecular formula is C25H25NO. The van der Waals surface area contributed by atoms with Gasteiger partial charge < -0.3 is 10.0 Å². The van der Waals surface area contributed by atoms with E-state index in [-0.39, 0.29) is 6.61 Å². The molecule has 1 atom stereocenters. The fourth-order valence-corrected chi connectivity index (χ4v) is 3.98. The van der Waals surface area contributed by atoms with E-state index in [2.05, 4.69) is 85.8 Å². The number of aliphatic hydroxyl groups excluding tert-OH is 1. The van der Waals surface area contributed by atoms with E-state index in [0.717, 1.165) is 12.1 Å². The van der Waals surface area contributed by atoms with Crippen LogP contribution in [0.3, 0.4) is 0 Å². The van der Waals surface area contributed by atoms with Gasteiger partial charge in [-0.25, -0.2) is 0 Å². The highest BCUT2D eigenvalue weighted by molar-refractivity contribution is 5.99. The van der Waals surface area contributed by atoms with Gasteiger partial charge >= 0.3 is 0 Å². The van der Waals surface area contributed by atoms with Crippen molar-refractivity contribution in [2.45, 2.75) is 12.5 Å². The van der Waals surface area contributed by atoms with E-state index >= 15 is 0 Å². The van der Waals surface area contributed by atoms with Gasteiger partial charge in [0.1, 0.15) is 0 Å². The maximum Gasteiger partial charge on any atom is 0.0681 e. The van der Waals surface area contributed by atoms with Gasteiger partial charge in [-0.1, -0.05) is 78.9 Å². The van der Waals surface area contributed by atoms with E-state index in [4.69, 9.17) is 0 Å². The van der Waals surface area contributed by atoms with Crippen molar-refractivity contribution < 1.29 is 5.11 Å². The Hall–Kier alpha value is -2.68. The normalized spacial score (nSPS) is 16.3. The van der Waals surface area contributed by atoms with Crippen LogP contribution in [-0.4, -0.2) is 30.6 Å². The smallest absolute Gasteiger partial charge is 0.0681 e. The Labute approximate surface area is 161 Å². The molecule has 4 rings (SSSR count). The number of allylic oxidation sites excluding steroid dienone is 3. The number of hydrogen-bond donors (Lipinski definition) is 1. The van der Waals surface area contributed by atoms with Gasteiger partial charge in [0.25, 0.3) is 0 Å². The third-order valence-corrected chi connectivity index (χ3v) is 5.23. The van der Waals surface area contributed by atoms with Crippen molar-refractivity contribution >= 4 is 10.8 Å². The Morgan fingerprint density at radius 2 is 1.70 bits per heavy atom. The fraction of sp³-hybridized carbons (Fsp3) is 0.200. The summed E-state index contributed by atoms with van der Waals surface area (Å²) in [6.07, 6.45) is 6.73. The highest BCUT2D eigenvalue weighted by atomic mass is 16.3. The van der Waals surface area contributed by atoms with Gasteiger partial charge in [0.2, 0.25) is 0 Å². The summed E-state index contributed by atoms with van der Waals surface area (Å²) in [5.74, 6) is 0.296. The van der Waals surface area contributed by atoms with E-state index in [1.807, 2.05) is 12.1 Å². The average Bonchev–Trinajstić information content (AvgIpc) is 3.14. The maximum absolute atomic E-state index is 9.40. The Kier molecular flexibility index (Phi) is 4.93. The molecule has 0 aromatic heterocycles. The summed E-state index contributed by atoms with van der Waals surface area (Å²) in [6, 6.07) is 21.4. The molecule has 0 radical (unpaired) electrons. The number of fused-ring (bicyclic) bond motifs is 1. The molecule has 0 saturated carbocycles. The molecule has 136 valence electrons. The first kappa shape index (κ1) is 17.7. The summed E-state index contributed by atoms with van der Waals surface area (Å²) < 4.78 is 0. The van der Waals surface area contributed by atoms with Crippen LogP contribution in [0.25, 0.3) is 21.9 Å². The number of nitrogens with zero attached hydrogens (tertiary/aromatic N) is 1. The van der Waals surface area contributed by atoms with Crippen molar-refractivity contribution in [3.8, 4) is 11.1 Å². The SMILES string of the molecule is CN(C)CC1=CC=CC1c1ccc2ccccc2c1-c1ccc(CO)cc1. The molecule has 0 aliphatic heterocycles. The second-order valence-electron chi connectivity index (χ2n) is 7.45. The predicted octanol–water partition coefficient (Wildman–Crippen LogP) is 5.14. The molecule has 2 nitrogen and oxygen atoms in total. The quantitative estimate of drug-likeness (QED) is 0.685. The summed E-state index contributed by atoms with van der Waals surface area (Å²) in [4.78, 5) is 2.22. The molecule has 1 unspecified atom stereocenters. The fourth-order valence-electron chi connectivity index (χ4n) is 3.98. The maximum atomic E-state index is 9.40. The van der Waals surface area contributed by atoms with Crippen LogP contribution in [0, 0.1) is 0 Å². The van der Waals surface area contributed by atoms with E-state index in [9.17, 15) is 5.11 Å². The minimum atomic E-state index is 0.0732. The number of aliphatic hydroxyl groups is 1. The summed E-state index contributed by atoms with van der Waals surface area (Å²) in [6.45, 7) is 1.02. The summed E-state index contributed by atoms with van der Waals surface area (Å²) in [5.41, 5.74) is 6.19. The molecule has 2 heteroatoms. The second-order valence-corrected chi connectivity index (χ2v) is 7.45. The van der Waals surface area contributed by atoms with Crippen molar-refractivity contribution in [1.29, 1.82) is 0 Å². The van der Waals surface area contributed by atoms with Gasteiger partial charge in [0.15, 0.2) is 0 Å². The van der Waals surface area contributed by atoms with Crippen LogP contribution in [0.2, 0.25) is 0 Å². The highest BCUT2D eigenvalue weighted by Gasteiger charge is 2.22. The second kappa shape index (κ2) is 7.51. The number of hydrogen-bond acceptors (Lipinski definition) is 2. The molecule has 0 amide bonds. The molecule has 1 N–H and O–H groups in total. The molecule has 0 heterocycles. The summed E-state index contributed by atoms with van der Waals surface area (Å²) in [7, 11) is 4.23. The lowest BCUT2D eigenvalue weighted by molar-refractivity contribution is 0.282. The van der Waals surface area contributed by atoms with Gasteiger partial charge in [-0.15, -0.1) is 0 Å². The Morgan fingerprint density at radius 1 is 0.926 bits per heavy atom. The van der Waals surface area contributed by atoms with Crippen molar-refractivity contribution in [3.63, 3.8) is 0 Å². The van der Waals surface area contributed by atoms with Crippen LogP contribution in [0.1, 0.15) is 17.0 Å². The van der Waals surface area contributed by atoms with Crippen LogP contribution in [0.4, 0.5) is 0 Å². The topological polar surface area (TPSA) is 23.5 Å². The van der Waals surface area contributed by atoms with Crippen molar-refractivity contribution in [1.82, 2.24) is 4.90 Å². The molecule has 0 spiro atoms. The largest absolute Gasteiger partial charge is 0.392 e. The lowest BCUT2D eigenvalue weighted by Gasteiger charge is -2.22.